The Morgan fingerprint density at radius 1 is 1.26 bits per heavy atom. The van der Waals surface area contributed by atoms with Crippen molar-refractivity contribution in [3.63, 3.8) is 0 Å². The SMILES string of the molecule is C[C@@H](NCc1c(O)cccc1Cl)C1CCCCCC1. The second-order valence-electron chi connectivity index (χ2n) is 5.66. The third-order valence-electron chi connectivity index (χ3n) is 4.30. The first-order chi connectivity index (χ1) is 9.18. The highest BCUT2D eigenvalue weighted by Crippen LogP contribution is 2.28. The fourth-order valence-corrected chi connectivity index (χ4v) is 3.20. The molecule has 0 radical (unpaired) electrons. The van der Waals surface area contributed by atoms with Crippen molar-refractivity contribution in [2.24, 2.45) is 5.92 Å². The van der Waals surface area contributed by atoms with Crippen LogP contribution in [0.2, 0.25) is 5.02 Å². The number of nitrogens with one attached hydrogen (secondary N) is 1. The summed E-state index contributed by atoms with van der Waals surface area (Å²) in [6.45, 7) is 2.90. The third-order valence-corrected chi connectivity index (χ3v) is 4.66. The number of hydrogen-bond acceptors (Lipinski definition) is 2. The van der Waals surface area contributed by atoms with Gasteiger partial charge in [-0.25, -0.2) is 0 Å². The van der Waals surface area contributed by atoms with E-state index in [1.54, 1.807) is 12.1 Å². The van der Waals surface area contributed by atoms with Gasteiger partial charge in [0, 0.05) is 23.2 Å². The van der Waals surface area contributed by atoms with Gasteiger partial charge in [-0.05, 0) is 37.8 Å². The Morgan fingerprint density at radius 2 is 1.95 bits per heavy atom. The van der Waals surface area contributed by atoms with E-state index in [0.29, 0.717) is 17.6 Å². The molecule has 1 atom stereocenters. The summed E-state index contributed by atoms with van der Waals surface area (Å²) in [5.41, 5.74) is 0.810. The Labute approximate surface area is 121 Å². The molecule has 0 saturated heterocycles. The fraction of sp³-hybridized carbons (Fsp3) is 0.625. The Bertz CT molecular complexity index is 379. The molecule has 1 fully saturated rings. The van der Waals surface area contributed by atoms with Crippen molar-refractivity contribution in [2.45, 2.75) is 58.0 Å². The third kappa shape index (κ3) is 4.12. The van der Waals surface area contributed by atoms with Crippen LogP contribution in [0.3, 0.4) is 0 Å². The monoisotopic (exact) mass is 281 g/mol. The van der Waals surface area contributed by atoms with Gasteiger partial charge in [0.15, 0.2) is 0 Å². The summed E-state index contributed by atoms with van der Waals surface area (Å²) in [6.07, 6.45) is 8.12. The van der Waals surface area contributed by atoms with Crippen LogP contribution in [0.1, 0.15) is 51.0 Å². The Balaban J connectivity index is 1.90. The maximum absolute atomic E-state index is 9.84. The molecule has 1 aromatic carbocycles. The molecule has 0 heterocycles. The molecule has 0 aliphatic heterocycles. The summed E-state index contributed by atoms with van der Waals surface area (Å²) in [5, 5.41) is 14.0. The van der Waals surface area contributed by atoms with E-state index in [0.717, 1.165) is 11.5 Å². The van der Waals surface area contributed by atoms with Crippen molar-refractivity contribution >= 4 is 11.6 Å². The fourth-order valence-electron chi connectivity index (χ4n) is 2.96. The van der Waals surface area contributed by atoms with E-state index in [1.165, 1.54) is 38.5 Å². The molecule has 106 valence electrons. The van der Waals surface area contributed by atoms with E-state index < -0.39 is 0 Å². The predicted molar refractivity (Wildman–Crippen MR) is 80.6 cm³/mol. The summed E-state index contributed by atoms with van der Waals surface area (Å²) in [5.74, 6) is 1.04. The standard InChI is InChI=1S/C16H24ClNO/c1-12(13-7-4-2-3-5-8-13)18-11-14-15(17)9-6-10-16(14)19/h6,9-10,12-13,18-19H,2-5,7-8,11H2,1H3/t12-/m1/s1. The maximum atomic E-state index is 9.84. The molecule has 0 bridgehead atoms. The first-order valence-electron chi connectivity index (χ1n) is 7.38. The van der Waals surface area contributed by atoms with Crippen LogP contribution in [0, 0.1) is 5.92 Å². The minimum Gasteiger partial charge on any atom is -0.508 e. The molecule has 1 saturated carbocycles. The van der Waals surface area contributed by atoms with Crippen LogP contribution < -0.4 is 5.32 Å². The summed E-state index contributed by atoms with van der Waals surface area (Å²) >= 11 is 6.12. The number of aromatic hydroxyl groups is 1. The quantitative estimate of drug-likeness (QED) is 0.797. The van der Waals surface area contributed by atoms with Crippen LogP contribution in [0.15, 0.2) is 18.2 Å². The molecule has 2 rings (SSSR count). The molecular weight excluding hydrogens is 258 g/mol. The van der Waals surface area contributed by atoms with E-state index in [-0.39, 0.29) is 5.75 Å². The van der Waals surface area contributed by atoms with Crippen molar-refractivity contribution in [1.29, 1.82) is 0 Å². The zero-order chi connectivity index (χ0) is 13.7. The molecule has 1 aliphatic carbocycles. The molecule has 1 aromatic rings. The molecule has 2 N–H and O–H groups in total. The predicted octanol–water partition coefficient (Wildman–Crippen LogP) is 4.49. The first kappa shape index (κ1) is 14.7. The maximum Gasteiger partial charge on any atom is 0.121 e. The van der Waals surface area contributed by atoms with E-state index in [1.807, 2.05) is 6.07 Å². The van der Waals surface area contributed by atoms with E-state index in [4.69, 9.17) is 11.6 Å². The zero-order valence-corrected chi connectivity index (χ0v) is 12.4. The molecule has 0 amide bonds. The topological polar surface area (TPSA) is 32.3 Å². The van der Waals surface area contributed by atoms with Gasteiger partial charge in [-0.2, -0.15) is 0 Å². The van der Waals surface area contributed by atoms with Crippen LogP contribution in [0.25, 0.3) is 0 Å². The second kappa shape index (κ2) is 7.16. The highest BCUT2D eigenvalue weighted by atomic mass is 35.5. The van der Waals surface area contributed by atoms with Crippen molar-refractivity contribution in [2.75, 3.05) is 0 Å². The van der Waals surface area contributed by atoms with Gasteiger partial charge in [-0.15, -0.1) is 0 Å². The van der Waals surface area contributed by atoms with Gasteiger partial charge >= 0.3 is 0 Å². The van der Waals surface area contributed by atoms with Crippen LogP contribution in [-0.4, -0.2) is 11.1 Å². The van der Waals surface area contributed by atoms with Gasteiger partial charge in [-0.3, -0.25) is 0 Å². The average Bonchev–Trinajstić information content (AvgIpc) is 2.66. The smallest absolute Gasteiger partial charge is 0.121 e. The van der Waals surface area contributed by atoms with Crippen LogP contribution in [0.5, 0.6) is 5.75 Å². The lowest BCUT2D eigenvalue weighted by atomic mass is 9.93. The largest absolute Gasteiger partial charge is 0.508 e. The van der Waals surface area contributed by atoms with E-state index in [2.05, 4.69) is 12.2 Å². The highest BCUT2D eigenvalue weighted by molar-refractivity contribution is 6.31. The van der Waals surface area contributed by atoms with Gasteiger partial charge in [0.2, 0.25) is 0 Å². The summed E-state index contributed by atoms with van der Waals surface area (Å²) in [6, 6.07) is 5.78. The molecule has 19 heavy (non-hydrogen) atoms. The van der Waals surface area contributed by atoms with Crippen molar-refractivity contribution < 1.29 is 5.11 Å². The van der Waals surface area contributed by atoms with E-state index >= 15 is 0 Å². The Kier molecular flexibility index (Phi) is 5.53. The summed E-state index contributed by atoms with van der Waals surface area (Å²) in [7, 11) is 0. The molecule has 3 heteroatoms. The Morgan fingerprint density at radius 3 is 2.58 bits per heavy atom. The number of hydrogen-bond donors (Lipinski definition) is 2. The van der Waals surface area contributed by atoms with Gasteiger partial charge in [0.1, 0.15) is 5.75 Å². The number of phenolic OH excluding ortho intramolecular Hbond substituents is 1. The number of halogens is 1. The molecule has 1 aliphatic rings. The van der Waals surface area contributed by atoms with Crippen LogP contribution in [-0.2, 0) is 6.54 Å². The van der Waals surface area contributed by atoms with Gasteiger partial charge in [-0.1, -0.05) is 43.4 Å². The lowest BCUT2D eigenvalue weighted by Gasteiger charge is -2.24. The summed E-state index contributed by atoms with van der Waals surface area (Å²) < 4.78 is 0. The number of phenols is 1. The lowest BCUT2D eigenvalue weighted by Crippen LogP contribution is -2.33. The zero-order valence-electron chi connectivity index (χ0n) is 11.7. The molecule has 0 spiro atoms. The normalized spacial score (nSPS) is 19.1. The van der Waals surface area contributed by atoms with Gasteiger partial charge in [0.25, 0.3) is 0 Å². The van der Waals surface area contributed by atoms with Crippen LogP contribution in [0.4, 0.5) is 0 Å². The molecule has 2 nitrogen and oxygen atoms in total. The second-order valence-corrected chi connectivity index (χ2v) is 6.07. The molecular formula is C16H24ClNO. The average molecular weight is 282 g/mol. The van der Waals surface area contributed by atoms with Crippen molar-refractivity contribution in [1.82, 2.24) is 5.32 Å². The van der Waals surface area contributed by atoms with Gasteiger partial charge in [0.05, 0.1) is 0 Å². The van der Waals surface area contributed by atoms with E-state index in [9.17, 15) is 5.11 Å². The van der Waals surface area contributed by atoms with Crippen LogP contribution >= 0.6 is 11.6 Å². The number of benzene rings is 1. The van der Waals surface area contributed by atoms with Gasteiger partial charge < -0.3 is 10.4 Å². The first-order valence-corrected chi connectivity index (χ1v) is 7.76. The van der Waals surface area contributed by atoms with Crippen molar-refractivity contribution in [3.8, 4) is 5.75 Å². The lowest BCUT2D eigenvalue weighted by molar-refractivity contribution is 0.335. The summed E-state index contributed by atoms with van der Waals surface area (Å²) in [4.78, 5) is 0. The van der Waals surface area contributed by atoms with Crippen molar-refractivity contribution in [3.05, 3.63) is 28.8 Å². The Hall–Kier alpha value is -0.730. The molecule has 0 aromatic heterocycles. The molecule has 0 unspecified atom stereocenters. The highest BCUT2D eigenvalue weighted by Gasteiger charge is 2.19. The minimum atomic E-state index is 0.285. The number of rotatable bonds is 4. The minimum absolute atomic E-state index is 0.285.